The topological polar surface area (TPSA) is 77.1 Å². The Hall–Kier alpha value is -2.52. The van der Waals surface area contributed by atoms with Gasteiger partial charge in [-0.1, -0.05) is 6.07 Å². The number of sulfonamides is 1. The first-order valence-corrected chi connectivity index (χ1v) is 9.31. The molecule has 0 amide bonds. The number of nitrogens with one attached hydrogen (secondary N) is 1. The molecule has 0 spiro atoms. The van der Waals surface area contributed by atoms with Crippen molar-refractivity contribution in [2.75, 3.05) is 6.54 Å². The van der Waals surface area contributed by atoms with Crippen LogP contribution in [0.2, 0.25) is 0 Å². The molecule has 0 saturated carbocycles. The molecule has 0 radical (unpaired) electrons. The van der Waals surface area contributed by atoms with E-state index in [0.717, 1.165) is 35.2 Å². The average Bonchev–Trinajstić information content (AvgIpc) is 3.15. The fourth-order valence-electron chi connectivity index (χ4n) is 2.79. The van der Waals surface area contributed by atoms with Crippen LogP contribution < -0.4 is 4.72 Å². The normalized spacial score (nSPS) is 11.8. The van der Waals surface area contributed by atoms with E-state index >= 15 is 0 Å². The maximum absolute atomic E-state index is 13.7. The van der Waals surface area contributed by atoms with Crippen LogP contribution in [0.3, 0.4) is 0 Å². The van der Waals surface area contributed by atoms with E-state index in [1.165, 1.54) is 0 Å². The Kier molecular flexibility index (Phi) is 4.92. The van der Waals surface area contributed by atoms with Crippen molar-refractivity contribution in [2.45, 2.75) is 25.3 Å². The van der Waals surface area contributed by atoms with Crippen molar-refractivity contribution < 1.29 is 21.6 Å². The molecular formula is C17H17F2N3O3S. The summed E-state index contributed by atoms with van der Waals surface area (Å²) in [6, 6.07) is 6.48. The molecule has 1 N–H and O–H groups in total. The largest absolute Gasteiger partial charge is 0.464 e. The second-order valence-corrected chi connectivity index (χ2v) is 7.40. The Morgan fingerprint density at radius 2 is 1.85 bits per heavy atom. The van der Waals surface area contributed by atoms with Crippen molar-refractivity contribution in [1.29, 1.82) is 0 Å². The van der Waals surface area contributed by atoms with Gasteiger partial charge < -0.3 is 4.42 Å². The van der Waals surface area contributed by atoms with Crippen LogP contribution >= 0.6 is 0 Å². The second kappa shape index (κ2) is 7.00. The third-order valence-corrected chi connectivity index (χ3v) is 5.46. The van der Waals surface area contributed by atoms with Crippen LogP contribution in [-0.4, -0.2) is 24.7 Å². The van der Waals surface area contributed by atoms with Gasteiger partial charge in [0.2, 0.25) is 10.0 Å². The van der Waals surface area contributed by atoms with E-state index in [2.05, 4.69) is 9.82 Å². The van der Waals surface area contributed by atoms with Gasteiger partial charge in [0.1, 0.15) is 17.4 Å². The predicted molar refractivity (Wildman–Crippen MR) is 90.9 cm³/mol. The van der Waals surface area contributed by atoms with Gasteiger partial charge >= 0.3 is 0 Å². The van der Waals surface area contributed by atoms with Gasteiger partial charge in [0.25, 0.3) is 0 Å². The van der Waals surface area contributed by atoms with Gasteiger partial charge in [0.15, 0.2) is 4.90 Å². The van der Waals surface area contributed by atoms with E-state index < -0.39 is 26.6 Å². The molecule has 2 heterocycles. The lowest BCUT2D eigenvalue weighted by Crippen LogP contribution is -2.29. The van der Waals surface area contributed by atoms with Gasteiger partial charge in [-0.3, -0.25) is 4.68 Å². The summed E-state index contributed by atoms with van der Waals surface area (Å²) < 4.78 is 60.9. The van der Waals surface area contributed by atoms with Crippen LogP contribution in [0.4, 0.5) is 8.78 Å². The zero-order chi connectivity index (χ0) is 18.9. The molecular weight excluding hydrogens is 364 g/mol. The van der Waals surface area contributed by atoms with E-state index in [1.807, 2.05) is 19.9 Å². The van der Waals surface area contributed by atoms with Gasteiger partial charge in [0.05, 0.1) is 24.1 Å². The summed E-state index contributed by atoms with van der Waals surface area (Å²) in [7, 11) is -4.31. The maximum atomic E-state index is 13.7. The molecule has 2 aromatic heterocycles. The van der Waals surface area contributed by atoms with E-state index in [0.29, 0.717) is 5.76 Å². The number of halogens is 2. The Morgan fingerprint density at radius 1 is 1.15 bits per heavy atom. The smallest absolute Gasteiger partial charge is 0.246 e. The van der Waals surface area contributed by atoms with Crippen molar-refractivity contribution in [3.8, 4) is 11.3 Å². The van der Waals surface area contributed by atoms with Crippen molar-refractivity contribution in [1.82, 2.24) is 14.5 Å². The lowest BCUT2D eigenvalue weighted by molar-refractivity contribution is 0.509. The lowest BCUT2D eigenvalue weighted by Gasteiger charge is -2.09. The molecule has 6 nitrogen and oxygen atoms in total. The van der Waals surface area contributed by atoms with Crippen LogP contribution in [0.25, 0.3) is 11.3 Å². The molecule has 0 aliphatic heterocycles. The highest BCUT2D eigenvalue weighted by atomic mass is 32.2. The number of benzene rings is 1. The first kappa shape index (κ1) is 18.3. The Balaban J connectivity index is 1.76. The van der Waals surface area contributed by atoms with Crippen LogP contribution in [0.5, 0.6) is 0 Å². The number of aromatic nitrogens is 2. The molecule has 0 bridgehead atoms. The fourth-order valence-corrected chi connectivity index (χ4v) is 3.94. The Bertz CT molecular complexity index is 1010. The van der Waals surface area contributed by atoms with Crippen molar-refractivity contribution in [3.63, 3.8) is 0 Å². The summed E-state index contributed by atoms with van der Waals surface area (Å²) in [5, 5.41) is 4.37. The minimum atomic E-state index is -4.31. The second-order valence-electron chi connectivity index (χ2n) is 5.69. The van der Waals surface area contributed by atoms with Crippen LogP contribution in [0.15, 0.2) is 45.9 Å². The lowest BCUT2D eigenvalue weighted by atomic mass is 10.1. The zero-order valence-corrected chi connectivity index (χ0v) is 15.0. The number of hydrogen-bond acceptors (Lipinski definition) is 4. The van der Waals surface area contributed by atoms with Crippen LogP contribution in [0.1, 0.15) is 11.4 Å². The van der Waals surface area contributed by atoms with Gasteiger partial charge in [-0.15, -0.1) is 0 Å². The fraction of sp³-hybridized carbons (Fsp3) is 0.235. The summed E-state index contributed by atoms with van der Waals surface area (Å²) in [4.78, 5) is -0.982. The van der Waals surface area contributed by atoms with Gasteiger partial charge in [-0.05, 0) is 38.1 Å². The Morgan fingerprint density at radius 3 is 2.46 bits per heavy atom. The van der Waals surface area contributed by atoms with Crippen LogP contribution in [-0.2, 0) is 16.6 Å². The summed E-state index contributed by atoms with van der Waals surface area (Å²) in [6.07, 6.45) is 1.56. The van der Waals surface area contributed by atoms with Crippen LogP contribution in [0, 0.1) is 25.5 Å². The molecule has 0 fully saturated rings. The van der Waals surface area contributed by atoms with E-state index in [9.17, 15) is 17.2 Å². The minimum Gasteiger partial charge on any atom is -0.464 e. The van der Waals surface area contributed by atoms with E-state index in [4.69, 9.17) is 4.42 Å². The monoisotopic (exact) mass is 381 g/mol. The number of hydrogen-bond donors (Lipinski definition) is 1. The molecule has 3 rings (SSSR count). The van der Waals surface area contributed by atoms with Crippen molar-refractivity contribution >= 4 is 10.0 Å². The molecule has 138 valence electrons. The first-order valence-electron chi connectivity index (χ1n) is 7.83. The van der Waals surface area contributed by atoms with E-state index in [-0.39, 0.29) is 13.1 Å². The van der Waals surface area contributed by atoms with Gasteiger partial charge in [-0.25, -0.2) is 21.9 Å². The molecule has 1 aromatic carbocycles. The molecule has 0 saturated heterocycles. The molecule has 0 atom stereocenters. The highest BCUT2D eigenvalue weighted by molar-refractivity contribution is 7.89. The summed E-state index contributed by atoms with van der Waals surface area (Å²) >= 11 is 0. The number of rotatable bonds is 6. The highest BCUT2D eigenvalue weighted by Gasteiger charge is 2.23. The SMILES string of the molecule is Cc1nn(CCNS(=O)(=O)c2c(F)cccc2F)c(C)c1-c1ccco1. The molecule has 3 aromatic rings. The minimum absolute atomic E-state index is 0.0737. The third-order valence-electron chi connectivity index (χ3n) is 3.95. The Labute approximate surface area is 149 Å². The van der Waals surface area contributed by atoms with Crippen molar-refractivity contribution in [3.05, 3.63) is 59.6 Å². The molecule has 26 heavy (non-hydrogen) atoms. The van der Waals surface area contributed by atoms with Crippen molar-refractivity contribution in [2.24, 2.45) is 0 Å². The number of nitrogens with zero attached hydrogens (tertiary/aromatic N) is 2. The first-order chi connectivity index (χ1) is 12.3. The van der Waals surface area contributed by atoms with E-state index in [1.54, 1.807) is 17.0 Å². The zero-order valence-electron chi connectivity index (χ0n) is 14.2. The summed E-state index contributed by atoms with van der Waals surface area (Å²) in [5.74, 6) is -1.60. The third kappa shape index (κ3) is 3.40. The standard InChI is InChI=1S/C17H17F2N3O3S/c1-11-16(15-7-4-10-25-15)12(2)22(21-11)9-8-20-26(23,24)17-13(18)5-3-6-14(17)19/h3-7,10,20H,8-9H2,1-2H3. The average molecular weight is 381 g/mol. The summed E-state index contributed by atoms with van der Waals surface area (Å²) in [6.45, 7) is 3.78. The number of aryl methyl sites for hydroxylation is 1. The molecule has 9 heteroatoms. The maximum Gasteiger partial charge on any atom is 0.246 e. The van der Waals surface area contributed by atoms with Gasteiger partial charge in [-0.2, -0.15) is 5.10 Å². The molecule has 0 aliphatic rings. The molecule has 0 aliphatic carbocycles. The number of furan rings is 1. The quantitative estimate of drug-likeness (QED) is 0.712. The summed E-state index contributed by atoms with van der Waals surface area (Å²) in [5.41, 5.74) is 2.37. The highest BCUT2D eigenvalue weighted by Crippen LogP contribution is 2.27. The van der Waals surface area contributed by atoms with Gasteiger partial charge in [0, 0.05) is 12.2 Å². The molecule has 0 unspecified atom stereocenters. The predicted octanol–water partition coefficient (Wildman–Crippen LogP) is 3.02.